The number of imide groups is 1. The van der Waals surface area contributed by atoms with Gasteiger partial charge in [-0.15, -0.1) is 0 Å². The molecular formula is C12H6NO2Pt-. The van der Waals surface area contributed by atoms with Gasteiger partial charge in [-0.05, 0) is 5.39 Å². The molecule has 0 fully saturated rings. The average Bonchev–Trinajstić information content (AvgIpc) is 2.25. The molecule has 0 bridgehead atoms. The summed E-state index contributed by atoms with van der Waals surface area (Å²) in [5.41, 5.74) is 1.03. The van der Waals surface area contributed by atoms with E-state index in [0.717, 1.165) is 10.8 Å². The van der Waals surface area contributed by atoms with Crippen molar-refractivity contribution in [2.24, 2.45) is 0 Å². The summed E-state index contributed by atoms with van der Waals surface area (Å²) in [7, 11) is 0. The quantitative estimate of drug-likeness (QED) is 0.648. The molecular weight excluding hydrogens is 385 g/mol. The van der Waals surface area contributed by atoms with Gasteiger partial charge in [-0.2, -0.15) is 0 Å². The van der Waals surface area contributed by atoms with Gasteiger partial charge in [-0.3, -0.25) is 0 Å². The molecule has 2 amide bonds. The fourth-order valence-electron chi connectivity index (χ4n) is 1.91. The zero-order valence-corrected chi connectivity index (χ0v) is 10.3. The van der Waals surface area contributed by atoms with Gasteiger partial charge in [0.05, 0.1) is 11.8 Å². The molecule has 4 heteroatoms. The summed E-state index contributed by atoms with van der Waals surface area (Å²) in [4.78, 5) is 23.0. The summed E-state index contributed by atoms with van der Waals surface area (Å²) in [5.74, 6) is -0.881. The van der Waals surface area contributed by atoms with Crippen LogP contribution in [0.4, 0.5) is 0 Å². The van der Waals surface area contributed by atoms with E-state index in [-0.39, 0.29) is 21.1 Å². The average molecular weight is 391 g/mol. The standard InChI is InChI=1S/C12H7NO2.Pt/c14-11-8-5-1-3-7-4-2-6-9(10(7)8)12(15)13-11;/h1-6H,(H,13,14,15);/p-1. The van der Waals surface area contributed by atoms with Crippen molar-refractivity contribution in [2.45, 2.75) is 0 Å². The molecule has 2 aromatic carbocycles. The van der Waals surface area contributed by atoms with Crippen LogP contribution >= 0.6 is 0 Å². The van der Waals surface area contributed by atoms with Crippen LogP contribution in [0.2, 0.25) is 0 Å². The van der Waals surface area contributed by atoms with E-state index in [9.17, 15) is 9.59 Å². The third kappa shape index (κ3) is 1.40. The van der Waals surface area contributed by atoms with Crippen LogP contribution in [-0.4, -0.2) is 11.8 Å². The molecule has 0 N–H and O–H groups in total. The molecule has 16 heavy (non-hydrogen) atoms. The predicted molar refractivity (Wildman–Crippen MR) is 56.0 cm³/mol. The Balaban J connectivity index is 0.000000963. The van der Waals surface area contributed by atoms with Gasteiger partial charge in [-0.25, -0.2) is 0 Å². The topological polar surface area (TPSA) is 48.2 Å². The van der Waals surface area contributed by atoms with Crippen LogP contribution in [0.1, 0.15) is 20.7 Å². The van der Waals surface area contributed by atoms with E-state index in [4.69, 9.17) is 0 Å². The fraction of sp³-hybridized carbons (Fsp3) is 0. The number of nitrogens with zero attached hydrogens (tertiary/aromatic N) is 1. The van der Waals surface area contributed by atoms with Gasteiger partial charge in [-0.1, -0.05) is 36.4 Å². The first-order valence-electron chi connectivity index (χ1n) is 4.59. The Morgan fingerprint density at radius 2 is 1.31 bits per heavy atom. The van der Waals surface area contributed by atoms with Crippen molar-refractivity contribution in [1.29, 1.82) is 0 Å². The molecule has 0 unspecified atom stereocenters. The van der Waals surface area contributed by atoms with Gasteiger partial charge in [0.15, 0.2) is 0 Å². The van der Waals surface area contributed by atoms with E-state index in [2.05, 4.69) is 5.32 Å². The number of benzene rings is 2. The van der Waals surface area contributed by atoms with Gasteiger partial charge < -0.3 is 14.9 Å². The van der Waals surface area contributed by atoms with Crippen LogP contribution in [-0.2, 0) is 21.1 Å². The molecule has 0 aliphatic carbocycles. The molecule has 82 valence electrons. The minimum Gasteiger partial charge on any atom is -0.587 e. The molecule has 0 atom stereocenters. The second-order valence-electron chi connectivity index (χ2n) is 3.43. The summed E-state index contributed by atoms with van der Waals surface area (Å²) < 4.78 is 0. The minimum absolute atomic E-state index is 0. The summed E-state index contributed by atoms with van der Waals surface area (Å²) in [6.45, 7) is 0. The van der Waals surface area contributed by atoms with Crippen molar-refractivity contribution < 1.29 is 30.7 Å². The third-order valence-corrected chi connectivity index (χ3v) is 2.57. The second-order valence-corrected chi connectivity index (χ2v) is 3.43. The largest absolute Gasteiger partial charge is 0.587 e. The van der Waals surface area contributed by atoms with Crippen molar-refractivity contribution in [3.8, 4) is 0 Å². The molecule has 1 aliphatic heterocycles. The van der Waals surface area contributed by atoms with E-state index in [1.165, 1.54) is 0 Å². The maximum absolute atomic E-state index is 11.5. The Morgan fingerprint density at radius 3 is 1.81 bits per heavy atom. The summed E-state index contributed by atoms with van der Waals surface area (Å²) in [5, 5.41) is 5.10. The van der Waals surface area contributed by atoms with Crippen LogP contribution in [0.3, 0.4) is 0 Å². The second kappa shape index (κ2) is 3.84. The number of rotatable bonds is 0. The molecule has 1 heterocycles. The summed E-state index contributed by atoms with van der Waals surface area (Å²) >= 11 is 0. The monoisotopic (exact) mass is 391 g/mol. The summed E-state index contributed by atoms with van der Waals surface area (Å²) in [6, 6.07) is 10.8. The zero-order chi connectivity index (χ0) is 10.4. The summed E-state index contributed by atoms with van der Waals surface area (Å²) in [6.07, 6.45) is 0. The van der Waals surface area contributed by atoms with Gasteiger partial charge >= 0.3 is 0 Å². The van der Waals surface area contributed by atoms with Crippen LogP contribution in [0.25, 0.3) is 16.1 Å². The van der Waals surface area contributed by atoms with E-state index < -0.39 is 11.8 Å². The van der Waals surface area contributed by atoms with Crippen molar-refractivity contribution in [3.63, 3.8) is 0 Å². The van der Waals surface area contributed by atoms with Crippen molar-refractivity contribution in [3.05, 3.63) is 52.8 Å². The predicted octanol–water partition coefficient (Wildman–Crippen LogP) is 2.51. The van der Waals surface area contributed by atoms with Crippen LogP contribution in [0.15, 0.2) is 36.4 Å². The van der Waals surface area contributed by atoms with Gasteiger partial charge in [0.25, 0.3) is 0 Å². The number of hydrogen-bond acceptors (Lipinski definition) is 2. The molecule has 1 aliphatic rings. The van der Waals surface area contributed by atoms with E-state index in [0.29, 0.717) is 11.1 Å². The Hall–Kier alpha value is -1.47. The van der Waals surface area contributed by atoms with Gasteiger partial charge in [0.1, 0.15) is 0 Å². The molecule has 0 spiro atoms. The Labute approximate surface area is 106 Å². The Kier molecular flexibility index (Phi) is 2.64. The molecule has 3 rings (SSSR count). The van der Waals surface area contributed by atoms with Crippen LogP contribution in [0.5, 0.6) is 0 Å². The van der Waals surface area contributed by atoms with Gasteiger partial charge in [0.2, 0.25) is 0 Å². The zero-order valence-electron chi connectivity index (χ0n) is 8.04. The Bertz CT molecular complexity index is 558. The number of hydrogen-bond donors (Lipinski definition) is 0. The molecule has 3 nitrogen and oxygen atoms in total. The normalized spacial score (nSPS) is 13.2. The maximum atomic E-state index is 11.5. The van der Waals surface area contributed by atoms with E-state index >= 15 is 0 Å². The molecule has 0 aromatic heterocycles. The third-order valence-electron chi connectivity index (χ3n) is 2.57. The first-order valence-corrected chi connectivity index (χ1v) is 4.59. The van der Waals surface area contributed by atoms with Crippen molar-refractivity contribution in [1.82, 2.24) is 0 Å². The van der Waals surface area contributed by atoms with E-state index in [1.807, 2.05) is 12.1 Å². The van der Waals surface area contributed by atoms with Crippen LogP contribution < -0.4 is 0 Å². The molecule has 0 saturated carbocycles. The van der Waals surface area contributed by atoms with Crippen molar-refractivity contribution >= 4 is 22.6 Å². The van der Waals surface area contributed by atoms with Crippen molar-refractivity contribution in [2.75, 3.05) is 0 Å². The molecule has 0 saturated heterocycles. The smallest absolute Gasteiger partial charge is 0.0882 e. The number of carbonyl (C=O) groups excluding carboxylic acids is 2. The fourth-order valence-corrected chi connectivity index (χ4v) is 1.91. The number of amides is 2. The first-order chi connectivity index (χ1) is 7.27. The molecule has 2 aromatic rings. The number of carbonyl (C=O) groups is 2. The van der Waals surface area contributed by atoms with Gasteiger partial charge in [0, 0.05) is 37.6 Å². The maximum Gasteiger partial charge on any atom is 0.0882 e. The Morgan fingerprint density at radius 1 is 0.812 bits per heavy atom. The minimum atomic E-state index is -0.440. The van der Waals surface area contributed by atoms with E-state index in [1.54, 1.807) is 24.3 Å². The molecule has 0 radical (unpaired) electrons. The first kappa shape index (κ1) is 11.0. The van der Waals surface area contributed by atoms with Crippen LogP contribution in [0, 0.1) is 0 Å². The SMILES string of the molecule is O=C1[N-]C(=O)c2cccc3cccc1c23.[Pt].